The van der Waals surface area contributed by atoms with Gasteiger partial charge in [0, 0.05) is 16.5 Å². The molecule has 0 fully saturated rings. The fourth-order valence-electron chi connectivity index (χ4n) is 2.73. The number of hydrogen-bond acceptors (Lipinski definition) is 7. The normalized spacial score (nSPS) is 10.4. The Morgan fingerprint density at radius 3 is 2.50 bits per heavy atom. The molecule has 0 saturated carbocycles. The Morgan fingerprint density at radius 1 is 1.07 bits per heavy atom. The van der Waals surface area contributed by atoms with E-state index in [1.807, 2.05) is 30.3 Å². The fourth-order valence-corrected chi connectivity index (χ4v) is 3.71. The molecule has 2 N–H and O–H groups in total. The van der Waals surface area contributed by atoms with Crippen molar-refractivity contribution in [1.82, 2.24) is 4.98 Å². The van der Waals surface area contributed by atoms with E-state index < -0.39 is 5.97 Å². The zero-order valence-electron chi connectivity index (χ0n) is 15.7. The molecule has 146 valence electrons. The summed E-state index contributed by atoms with van der Waals surface area (Å²) in [5, 5.41) is 13.1. The highest BCUT2D eigenvalue weighted by Crippen LogP contribution is 2.40. The second-order valence-corrected chi connectivity index (χ2v) is 6.84. The molecule has 3 aromatic rings. The number of nitrogens with one attached hydrogen (secondary N) is 1. The van der Waals surface area contributed by atoms with Crippen LogP contribution >= 0.6 is 11.3 Å². The first-order chi connectivity index (χ1) is 13.5. The second kappa shape index (κ2) is 8.62. The lowest BCUT2D eigenvalue weighted by molar-refractivity contribution is -0.136. The maximum absolute atomic E-state index is 11.4. The van der Waals surface area contributed by atoms with Crippen molar-refractivity contribution in [3.8, 4) is 28.5 Å². The molecule has 0 bridgehead atoms. The van der Waals surface area contributed by atoms with Crippen molar-refractivity contribution in [2.75, 3.05) is 26.6 Å². The minimum atomic E-state index is -0.929. The molecule has 1 aromatic heterocycles. The van der Waals surface area contributed by atoms with Crippen LogP contribution in [0.5, 0.6) is 17.2 Å². The molecule has 3 rings (SSSR count). The van der Waals surface area contributed by atoms with E-state index in [-0.39, 0.29) is 6.42 Å². The molecule has 0 aliphatic carbocycles. The van der Waals surface area contributed by atoms with Crippen LogP contribution in [0.1, 0.15) is 4.88 Å². The van der Waals surface area contributed by atoms with Gasteiger partial charge < -0.3 is 24.6 Å². The maximum atomic E-state index is 11.4. The number of benzene rings is 2. The van der Waals surface area contributed by atoms with Crippen molar-refractivity contribution in [2.45, 2.75) is 6.42 Å². The van der Waals surface area contributed by atoms with Crippen LogP contribution < -0.4 is 19.5 Å². The van der Waals surface area contributed by atoms with Crippen LogP contribution in [0.4, 0.5) is 10.8 Å². The summed E-state index contributed by atoms with van der Waals surface area (Å²) in [5.41, 5.74) is 2.00. The number of hydrogen-bond donors (Lipinski definition) is 2. The summed E-state index contributed by atoms with van der Waals surface area (Å²) < 4.78 is 16.0. The SMILES string of the molecule is COc1ccc(-c2nc(Nc3ccccc3OC)sc2CC(=O)O)c(OC)c1. The zero-order valence-corrected chi connectivity index (χ0v) is 16.5. The summed E-state index contributed by atoms with van der Waals surface area (Å²) >= 11 is 1.28. The van der Waals surface area contributed by atoms with E-state index >= 15 is 0 Å². The first-order valence-corrected chi connectivity index (χ1v) is 9.21. The monoisotopic (exact) mass is 400 g/mol. The highest BCUT2D eigenvalue weighted by atomic mass is 32.1. The van der Waals surface area contributed by atoms with Gasteiger partial charge in [-0.25, -0.2) is 4.98 Å². The predicted octanol–water partition coefficient (Wildman–Crippen LogP) is 4.21. The van der Waals surface area contributed by atoms with E-state index in [0.29, 0.717) is 38.5 Å². The van der Waals surface area contributed by atoms with Crippen molar-refractivity contribution in [3.05, 3.63) is 47.3 Å². The van der Waals surface area contributed by atoms with Crippen LogP contribution in [0, 0.1) is 0 Å². The third-order valence-corrected chi connectivity index (χ3v) is 4.99. The number of thiazole rings is 1. The van der Waals surface area contributed by atoms with Crippen LogP contribution in [-0.4, -0.2) is 37.4 Å². The van der Waals surface area contributed by atoms with Gasteiger partial charge in [-0.05, 0) is 24.3 Å². The minimum Gasteiger partial charge on any atom is -0.497 e. The number of anilines is 2. The molecule has 1 heterocycles. The lowest BCUT2D eigenvalue weighted by Crippen LogP contribution is -2.00. The number of aromatic nitrogens is 1. The fraction of sp³-hybridized carbons (Fsp3) is 0.200. The zero-order chi connectivity index (χ0) is 20.1. The van der Waals surface area contributed by atoms with Gasteiger partial charge in [-0.3, -0.25) is 4.79 Å². The molecule has 0 aliphatic rings. The Hall–Kier alpha value is -3.26. The van der Waals surface area contributed by atoms with E-state index in [1.165, 1.54) is 11.3 Å². The molecule has 0 amide bonds. The summed E-state index contributed by atoms with van der Waals surface area (Å²) in [7, 11) is 4.71. The summed E-state index contributed by atoms with van der Waals surface area (Å²) in [4.78, 5) is 16.6. The summed E-state index contributed by atoms with van der Waals surface area (Å²) in [6.07, 6.45) is -0.143. The third-order valence-electron chi connectivity index (χ3n) is 4.02. The number of carboxylic acids is 1. The molecule has 0 radical (unpaired) electrons. The third kappa shape index (κ3) is 4.17. The van der Waals surface area contributed by atoms with Gasteiger partial charge in [0.15, 0.2) is 5.13 Å². The van der Waals surface area contributed by atoms with E-state index in [4.69, 9.17) is 14.2 Å². The number of para-hydroxylation sites is 2. The van der Waals surface area contributed by atoms with Gasteiger partial charge in [0.1, 0.15) is 17.2 Å². The maximum Gasteiger partial charge on any atom is 0.308 e. The number of ether oxygens (including phenoxy) is 3. The summed E-state index contributed by atoms with van der Waals surface area (Å²) in [6, 6.07) is 12.8. The van der Waals surface area contributed by atoms with Crippen molar-refractivity contribution >= 4 is 28.1 Å². The van der Waals surface area contributed by atoms with Gasteiger partial charge in [0.05, 0.1) is 39.1 Å². The van der Waals surface area contributed by atoms with Crippen LogP contribution in [0.15, 0.2) is 42.5 Å². The summed E-state index contributed by atoms with van der Waals surface area (Å²) in [5.74, 6) is 0.936. The van der Waals surface area contributed by atoms with E-state index in [0.717, 1.165) is 5.69 Å². The average molecular weight is 400 g/mol. The molecule has 28 heavy (non-hydrogen) atoms. The quantitative estimate of drug-likeness (QED) is 0.585. The Kier molecular flexibility index (Phi) is 6.00. The number of nitrogens with zero attached hydrogens (tertiary/aromatic N) is 1. The van der Waals surface area contributed by atoms with Crippen molar-refractivity contribution in [1.29, 1.82) is 0 Å². The second-order valence-electron chi connectivity index (χ2n) is 5.75. The van der Waals surface area contributed by atoms with Gasteiger partial charge in [-0.1, -0.05) is 12.1 Å². The largest absolute Gasteiger partial charge is 0.497 e. The highest BCUT2D eigenvalue weighted by Gasteiger charge is 2.20. The molecule has 0 saturated heterocycles. The van der Waals surface area contributed by atoms with Crippen molar-refractivity contribution in [3.63, 3.8) is 0 Å². The van der Waals surface area contributed by atoms with Crippen molar-refractivity contribution < 1.29 is 24.1 Å². The Morgan fingerprint density at radius 2 is 1.82 bits per heavy atom. The van der Waals surface area contributed by atoms with Crippen LogP contribution in [-0.2, 0) is 11.2 Å². The molecule has 0 atom stereocenters. The number of methoxy groups -OCH3 is 3. The molecule has 8 heteroatoms. The van der Waals surface area contributed by atoms with E-state index in [9.17, 15) is 9.90 Å². The minimum absolute atomic E-state index is 0.143. The summed E-state index contributed by atoms with van der Waals surface area (Å²) in [6.45, 7) is 0. The Bertz CT molecular complexity index is 986. The van der Waals surface area contributed by atoms with Gasteiger partial charge in [-0.15, -0.1) is 11.3 Å². The Labute approximate surface area is 166 Å². The Balaban J connectivity index is 2.05. The number of carboxylic acid groups (broad SMARTS) is 1. The van der Waals surface area contributed by atoms with Gasteiger partial charge >= 0.3 is 5.97 Å². The molecule has 0 aliphatic heterocycles. The standard InChI is InChI=1S/C20H20N2O5S/c1-25-12-8-9-13(16(10-12)27-3)19-17(11-18(23)24)28-20(22-19)21-14-6-4-5-7-15(14)26-2/h4-10H,11H2,1-3H3,(H,21,22)(H,23,24). The number of carbonyl (C=O) groups is 1. The molecule has 0 unspecified atom stereocenters. The molecule has 7 nitrogen and oxygen atoms in total. The lowest BCUT2D eigenvalue weighted by atomic mass is 10.1. The van der Waals surface area contributed by atoms with E-state index in [2.05, 4.69) is 10.3 Å². The molecule has 0 spiro atoms. The average Bonchev–Trinajstić information content (AvgIpc) is 3.08. The first kappa shape index (κ1) is 19.5. The van der Waals surface area contributed by atoms with Crippen LogP contribution in [0.25, 0.3) is 11.3 Å². The highest BCUT2D eigenvalue weighted by molar-refractivity contribution is 7.16. The van der Waals surface area contributed by atoms with Crippen molar-refractivity contribution in [2.24, 2.45) is 0 Å². The topological polar surface area (TPSA) is 89.9 Å². The lowest BCUT2D eigenvalue weighted by Gasteiger charge is -2.10. The van der Waals surface area contributed by atoms with Crippen LogP contribution in [0.2, 0.25) is 0 Å². The van der Waals surface area contributed by atoms with Crippen LogP contribution in [0.3, 0.4) is 0 Å². The van der Waals surface area contributed by atoms with E-state index in [1.54, 1.807) is 33.5 Å². The molecular formula is C20H20N2O5S. The molecule has 2 aromatic carbocycles. The van der Waals surface area contributed by atoms with Gasteiger partial charge in [0.2, 0.25) is 0 Å². The smallest absolute Gasteiger partial charge is 0.308 e. The number of aliphatic carboxylic acids is 1. The van der Waals surface area contributed by atoms with Gasteiger partial charge in [-0.2, -0.15) is 0 Å². The number of rotatable bonds is 8. The van der Waals surface area contributed by atoms with Gasteiger partial charge in [0.25, 0.3) is 0 Å². The first-order valence-electron chi connectivity index (χ1n) is 8.39. The molecular weight excluding hydrogens is 380 g/mol. The predicted molar refractivity (Wildman–Crippen MR) is 108 cm³/mol.